The Morgan fingerprint density at radius 1 is 1.22 bits per heavy atom. The lowest BCUT2D eigenvalue weighted by atomic mass is 10.0. The van der Waals surface area contributed by atoms with E-state index in [1.165, 1.54) is 0 Å². The van der Waals surface area contributed by atoms with Crippen molar-refractivity contribution in [3.8, 4) is 0 Å². The molecule has 0 aromatic carbocycles. The monoisotopic (exact) mass is 319 g/mol. The molecule has 1 unspecified atom stereocenters. The van der Waals surface area contributed by atoms with Crippen LogP contribution in [0.2, 0.25) is 0 Å². The fourth-order valence-corrected chi connectivity index (χ4v) is 3.01. The molecule has 0 bridgehead atoms. The summed E-state index contributed by atoms with van der Waals surface area (Å²) in [6.45, 7) is 8.00. The number of rotatable bonds is 5. The van der Waals surface area contributed by atoms with Crippen molar-refractivity contribution >= 4 is 11.9 Å². The molecule has 0 aliphatic carbocycles. The number of nitrogens with zero attached hydrogens (tertiary/aromatic N) is 4. The summed E-state index contributed by atoms with van der Waals surface area (Å²) >= 11 is 0. The number of amides is 1. The highest BCUT2D eigenvalue weighted by molar-refractivity contribution is 5.84. The molecule has 0 saturated carbocycles. The molecule has 1 aromatic rings. The molecular weight excluding hydrogens is 294 g/mol. The van der Waals surface area contributed by atoms with Gasteiger partial charge in [0.1, 0.15) is 6.04 Å². The third kappa shape index (κ3) is 4.39. The lowest BCUT2D eigenvalue weighted by Crippen LogP contribution is -2.50. The van der Waals surface area contributed by atoms with Crippen LogP contribution < -0.4 is 5.32 Å². The van der Waals surface area contributed by atoms with Crippen LogP contribution in [0.3, 0.4) is 0 Å². The van der Waals surface area contributed by atoms with Gasteiger partial charge in [-0.2, -0.15) is 0 Å². The van der Waals surface area contributed by atoms with Gasteiger partial charge in [-0.1, -0.05) is 0 Å². The fourth-order valence-electron chi connectivity index (χ4n) is 3.01. The zero-order chi connectivity index (χ0) is 16.1. The molecule has 7 nitrogen and oxygen atoms in total. The van der Waals surface area contributed by atoms with E-state index >= 15 is 0 Å². The molecule has 23 heavy (non-hydrogen) atoms. The number of aryl methyl sites for hydroxylation is 1. The van der Waals surface area contributed by atoms with E-state index in [-0.39, 0.29) is 11.9 Å². The van der Waals surface area contributed by atoms with Crippen LogP contribution in [0.4, 0.5) is 5.95 Å². The molecule has 3 heterocycles. The Morgan fingerprint density at radius 3 is 2.70 bits per heavy atom. The van der Waals surface area contributed by atoms with E-state index in [4.69, 9.17) is 4.74 Å². The Morgan fingerprint density at radius 2 is 1.96 bits per heavy atom. The predicted molar refractivity (Wildman–Crippen MR) is 87.3 cm³/mol. The van der Waals surface area contributed by atoms with Crippen LogP contribution in [0.15, 0.2) is 12.4 Å². The van der Waals surface area contributed by atoms with Crippen molar-refractivity contribution in [1.29, 1.82) is 0 Å². The number of ether oxygens (including phenoxy) is 1. The van der Waals surface area contributed by atoms with Crippen LogP contribution >= 0.6 is 0 Å². The zero-order valence-corrected chi connectivity index (χ0v) is 13.7. The molecule has 2 aliphatic rings. The molecule has 1 aromatic heterocycles. The van der Waals surface area contributed by atoms with Gasteiger partial charge in [0, 0.05) is 45.1 Å². The van der Waals surface area contributed by atoms with Gasteiger partial charge >= 0.3 is 0 Å². The quantitative estimate of drug-likeness (QED) is 0.853. The molecule has 0 radical (unpaired) electrons. The number of morpholine rings is 1. The maximum absolute atomic E-state index is 12.6. The summed E-state index contributed by atoms with van der Waals surface area (Å²) in [7, 11) is 0. The number of piperidine rings is 1. The third-order valence-electron chi connectivity index (χ3n) is 4.40. The van der Waals surface area contributed by atoms with Crippen molar-refractivity contribution < 1.29 is 9.53 Å². The van der Waals surface area contributed by atoms with Gasteiger partial charge in [0.2, 0.25) is 11.9 Å². The average Bonchev–Trinajstić information content (AvgIpc) is 2.58. The van der Waals surface area contributed by atoms with Gasteiger partial charge < -0.3 is 15.0 Å². The Hall–Kier alpha value is -1.73. The minimum Gasteiger partial charge on any atom is -0.379 e. The van der Waals surface area contributed by atoms with Gasteiger partial charge in [-0.05, 0) is 25.3 Å². The summed E-state index contributed by atoms with van der Waals surface area (Å²) in [4.78, 5) is 25.4. The lowest BCUT2D eigenvalue weighted by Gasteiger charge is -2.35. The molecule has 1 N–H and O–H groups in total. The van der Waals surface area contributed by atoms with Gasteiger partial charge in [-0.15, -0.1) is 0 Å². The second kappa shape index (κ2) is 7.70. The van der Waals surface area contributed by atoms with E-state index in [9.17, 15) is 4.79 Å². The van der Waals surface area contributed by atoms with Crippen molar-refractivity contribution in [3.05, 3.63) is 18.0 Å². The zero-order valence-electron chi connectivity index (χ0n) is 13.7. The molecule has 7 heteroatoms. The minimum atomic E-state index is -0.212. The number of carbonyl (C=O) groups excluding carboxylic acids is 1. The smallest absolute Gasteiger partial charge is 0.245 e. The van der Waals surface area contributed by atoms with E-state index in [0.29, 0.717) is 5.95 Å². The number of carbonyl (C=O) groups is 1. The van der Waals surface area contributed by atoms with E-state index in [2.05, 4.69) is 20.2 Å². The maximum Gasteiger partial charge on any atom is 0.245 e. The second-order valence-electron chi connectivity index (χ2n) is 6.20. The lowest BCUT2D eigenvalue weighted by molar-refractivity contribution is -0.134. The van der Waals surface area contributed by atoms with Crippen molar-refractivity contribution in [2.45, 2.75) is 25.8 Å². The minimum absolute atomic E-state index is 0.161. The standard InChI is InChI=1S/C16H25N5O2/c1-13-11-17-16(18-12-13)19-14-3-2-4-21(15(14)22)6-5-20-7-9-23-10-8-20/h11-12,14H,2-10H2,1H3,(H,17,18,19). The normalized spacial score (nSPS) is 23.1. The van der Waals surface area contributed by atoms with Gasteiger partial charge in [0.15, 0.2) is 0 Å². The Kier molecular flexibility index (Phi) is 5.40. The highest BCUT2D eigenvalue weighted by Crippen LogP contribution is 2.15. The number of nitrogens with one attached hydrogen (secondary N) is 1. The van der Waals surface area contributed by atoms with E-state index in [1.807, 2.05) is 11.8 Å². The topological polar surface area (TPSA) is 70.6 Å². The Balaban J connectivity index is 1.52. The van der Waals surface area contributed by atoms with E-state index < -0.39 is 0 Å². The summed E-state index contributed by atoms with van der Waals surface area (Å²) in [5, 5.41) is 3.18. The van der Waals surface area contributed by atoms with Crippen LogP contribution in [0.1, 0.15) is 18.4 Å². The number of likely N-dealkylation sites (tertiary alicyclic amines) is 1. The molecule has 2 aliphatic heterocycles. The summed E-state index contributed by atoms with van der Waals surface area (Å²) in [5.41, 5.74) is 1.01. The highest BCUT2D eigenvalue weighted by Gasteiger charge is 2.29. The summed E-state index contributed by atoms with van der Waals surface area (Å²) in [6, 6.07) is -0.212. The third-order valence-corrected chi connectivity index (χ3v) is 4.40. The summed E-state index contributed by atoms with van der Waals surface area (Å²) < 4.78 is 5.36. The highest BCUT2D eigenvalue weighted by atomic mass is 16.5. The molecule has 126 valence electrons. The first-order chi connectivity index (χ1) is 11.2. The number of hydrogen-bond acceptors (Lipinski definition) is 6. The molecular formula is C16H25N5O2. The first-order valence-electron chi connectivity index (χ1n) is 8.36. The van der Waals surface area contributed by atoms with Crippen LogP contribution in [-0.4, -0.2) is 77.7 Å². The molecule has 1 amide bonds. The summed E-state index contributed by atoms with van der Waals surface area (Å²) in [6.07, 6.45) is 5.38. The van der Waals surface area contributed by atoms with Crippen molar-refractivity contribution in [2.24, 2.45) is 0 Å². The van der Waals surface area contributed by atoms with Gasteiger partial charge in [-0.25, -0.2) is 9.97 Å². The van der Waals surface area contributed by atoms with Crippen LogP contribution in [-0.2, 0) is 9.53 Å². The molecule has 3 rings (SSSR count). The van der Waals surface area contributed by atoms with Gasteiger partial charge in [0.05, 0.1) is 13.2 Å². The van der Waals surface area contributed by atoms with Crippen molar-refractivity contribution in [1.82, 2.24) is 19.8 Å². The molecule has 2 fully saturated rings. The largest absolute Gasteiger partial charge is 0.379 e. The van der Waals surface area contributed by atoms with Crippen molar-refractivity contribution in [2.75, 3.05) is 51.3 Å². The second-order valence-corrected chi connectivity index (χ2v) is 6.20. The van der Waals surface area contributed by atoms with Crippen LogP contribution in [0.5, 0.6) is 0 Å². The van der Waals surface area contributed by atoms with E-state index in [0.717, 1.165) is 64.3 Å². The number of hydrogen-bond donors (Lipinski definition) is 1. The first-order valence-corrected chi connectivity index (χ1v) is 8.36. The Bertz CT molecular complexity index is 516. The van der Waals surface area contributed by atoms with Crippen LogP contribution in [0, 0.1) is 6.92 Å². The average molecular weight is 319 g/mol. The number of anilines is 1. The summed E-state index contributed by atoms with van der Waals surface area (Å²) in [5.74, 6) is 0.692. The Labute approximate surface area is 137 Å². The van der Waals surface area contributed by atoms with Gasteiger partial charge in [0.25, 0.3) is 0 Å². The molecule has 2 saturated heterocycles. The predicted octanol–water partition coefficient (Wildman–Crippen LogP) is 0.520. The molecule has 1 atom stereocenters. The van der Waals surface area contributed by atoms with E-state index in [1.54, 1.807) is 12.4 Å². The maximum atomic E-state index is 12.6. The number of aromatic nitrogens is 2. The first kappa shape index (κ1) is 16.1. The van der Waals surface area contributed by atoms with Crippen LogP contribution in [0.25, 0.3) is 0 Å². The SMILES string of the molecule is Cc1cnc(NC2CCCN(CCN3CCOCC3)C2=O)nc1. The van der Waals surface area contributed by atoms with Crippen molar-refractivity contribution in [3.63, 3.8) is 0 Å². The fraction of sp³-hybridized carbons (Fsp3) is 0.688. The van der Waals surface area contributed by atoms with Gasteiger partial charge in [-0.3, -0.25) is 9.69 Å². The molecule has 0 spiro atoms.